The summed E-state index contributed by atoms with van der Waals surface area (Å²) in [6.45, 7) is -0.255. The molecule has 0 saturated carbocycles. The van der Waals surface area contributed by atoms with Crippen molar-refractivity contribution in [2.75, 3.05) is 11.9 Å². The Morgan fingerprint density at radius 2 is 1.94 bits per heavy atom. The third kappa shape index (κ3) is 5.11. The molecule has 0 radical (unpaired) electrons. The summed E-state index contributed by atoms with van der Waals surface area (Å²) in [4.78, 5) is 20.7. The van der Waals surface area contributed by atoms with Crippen LogP contribution in [0.5, 0.6) is 5.75 Å². The van der Waals surface area contributed by atoms with Gasteiger partial charge in [0.25, 0.3) is 5.91 Å². The van der Waals surface area contributed by atoms with E-state index in [9.17, 15) is 4.79 Å². The van der Waals surface area contributed by atoms with Crippen LogP contribution in [0.25, 0.3) is 22.7 Å². The van der Waals surface area contributed by atoms with Crippen molar-refractivity contribution in [1.29, 1.82) is 0 Å². The van der Waals surface area contributed by atoms with Crippen molar-refractivity contribution in [2.24, 2.45) is 0 Å². The van der Waals surface area contributed by atoms with E-state index < -0.39 is 5.91 Å². The molecule has 4 rings (SSSR count). The van der Waals surface area contributed by atoms with Crippen LogP contribution >= 0.6 is 35.4 Å². The van der Waals surface area contributed by atoms with Gasteiger partial charge < -0.3 is 14.5 Å². The number of hydrogen-bond donors (Lipinski definition) is 2. The van der Waals surface area contributed by atoms with Gasteiger partial charge in [0.2, 0.25) is 5.89 Å². The fourth-order valence-electron chi connectivity index (χ4n) is 2.67. The van der Waals surface area contributed by atoms with Gasteiger partial charge in [-0.05, 0) is 54.7 Å². The van der Waals surface area contributed by atoms with Gasteiger partial charge in [-0.1, -0.05) is 35.3 Å². The zero-order chi connectivity index (χ0) is 21.8. The molecule has 2 N–H and O–H groups in total. The van der Waals surface area contributed by atoms with E-state index in [1.807, 2.05) is 0 Å². The fourth-order valence-corrected chi connectivity index (χ4v) is 3.25. The lowest BCUT2D eigenvalue weighted by Gasteiger charge is -2.12. The standard InChI is InChI=1S/C21H14Cl2N4O3S/c22-13-8-7-12(20-27-19-17(30-20)6-3-9-24-19)10-15(13)25-21(31)26-18(28)11-29-16-5-2-1-4-14(16)23/h1-10H,11H2,(H2,25,26,28,31). The summed E-state index contributed by atoms with van der Waals surface area (Å²) in [5.74, 6) is 0.341. The van der Waals surface area contributed by atoms with Crippen molar-refractivity contribution in [3.63, 3.8) is 0 Å². The van der Waals surface area contributed by atoms with E-state index >= 15 is 0 Å². The molecule has 0 fully saturated rings. The average Bonchev–Trinajstić information content (AvgIpc) is 3.19. The largest absolute Gasteiger partial charge is 0.482 e. The first-order valence-corrected chi connectivity index (χ1v) is 10.2. The van der Waals surface area contributed by atoms with Crippen molar-refractivity contribution in [3.05, 3.63) is 70.8 Å². The number of fused-ring (bicyclic) bond motifs is 1. The van der Waals surface area contributed by atoms with Crippen molar-refractivity contribution >= 4 is 63.4 Å². The maximum absolute atomic E-state index is 12.1. The van der Waals surface area contributed by atoms with Crippen molar-refractivity contribution in [2.45, 2.75) is 0 Å². The van der Waals surface area contributed by atoms with Crippen LogP contribution in [0, 0.1) is 0 Å². The monoisotopic (exact) mass is 472 g/mol. The van der Waals surface area contributed by atoms with E-state index in [2.05, 4.69) is 20.6 Å². The van der Waals surface area contributed by atoms with Gasteiger partial charge in [0.05, 0.1) is 15.7 Å². The van der Waals surface area contributed by atoms with Gasteiger partial charge in [-0.2, -0.15) is 4.98 Å². The number of hydrogen-bond acceptors (Lipinski definition) is 6. The topological polar surface area (TPSA) is 89.3 Å². The first-order valence-electron chi connectivity index (χ1n) is 8.99. The number of amides is 1. The number of nitrogens with one attached hydrogen (secondary N) is 2. The van der Waals surface area contributed by atoms with Crippen LogP contribution in [0.3, 0.4) is 0 Å². The number of aromatic nitrogens is 2. The summed E-state index contributed by atoms with van der Waals surface area (Å²) in [5.41, 5.74) is 2.22. The number of para-hydroxylation sites is 1. The Bertz CT molecular complexity index is 1250. The molecular formula is C21H14Cl2N4O3S. The molecule has 0 spiro atoms. The first kappa shape index (κ1) is 21.0. The van der Waals surface area contributed by atoms with Gasteiger partial charge in [-0.15, -0.1) is 0 Å². The van der Waals surface area contributed by atoms with Crippen LogP contribution in [-0.2, 0) is 4.79 Å². The molecule has 0 aliphatic heterocycles. The molecule has 156 valence electrons. The van der Waals surface area contributed by atoms with E-state index in [-0.39, 0.29) is 11.7 Å². The van der Waals surface area contributed by atoms with Gasteiger partial charge in [-0.3, -0.25) is 10.1 Å². The number of rotatable bonds is 5. The smallest absolute Gasteiger partial charge is 0.264 e. The summed E-state index contributed by atoms with van der Waals surface area (Å²) < 4.78 is 11.1. The highest BCUT2D eigenvalue weighted by Gasteiger charge is 2.13. The minimum absolute atomic E-state index is 0.0611. The van der Waals surface area contributed by atoms with E-state index in [1.165, 1.54) is 0 Å². The van der Waals surface area contributed by atoms with Crippen LogP contribution in [0.1, 0.15) is 0 Å². The maximum atomic E-state index is 12.1. The molecule has 1 amide bonds. The molecule has 0 aliphatic rings. The van der Waals surface area contributed by atoms with Crippen LogP contribution in [-0.4, -0.2) is 27.6 Å². The minimum atomic E-state index is -0.449. The molecule has 4 aromatic rings. The Labute approximate surface area is 192 Å². The van der Waals surface area contributed by atoms with E-state index in [4.69, 9.17) is 44.6 Å². The first-order chi connectivity index (χ1) is 15.0. The summed E-state index contributed by atoms with van der Waals surface area (Å²) in [6.07, 6.45) is 1.64. The van der Waals surface area contributed by atoms with Gasteiger partial charge in [-0.25, -0.2) is 4.98 Å². The van der Waals surface area contributed by atoms with Crippen molar-refractivity contribution in [3.8, 4) is 17.2 Å². The average molecular weight is 473 g/mol. The van der Waals surface area contributed by atoms with E-state index in [0.717, 1.165) is 0 Å². The Hall–Kier alpha value is -3.20. The van der Waals surface area contributed by atoms with Crippen LogP contribution in [0.2, 0.25) is 10.0 Å². The highest BCUT2D eigenvalue weighted by molar-refractivity contribution is 7.80. The Kier molecular flexibility index (Phi) is 6.31. The van der Waals surface area contributed by atoms with Crippen LogP contribution < -0.4 is 15.4 Å². The molecule has 2 heterocycles. The summed E-state index contributed by atoms with van der Waals surface area (Å²) >= 11 is 17.5. The third-order valence-corrected chi connectivity index (χ3v) is 4.92. The van der Waals surface area contributed by atoms with Crippen molar-refractivity contribution < 1.29 is 13.9 Å². The summed E-state index contributed by atoms with van der Waals surface area (Å²) in [5, 5.41) is 6.30. The van der Waals surface area contributed by atoms with Gasteiger partial charge in [0.1, 0.15) is 5.75 Å². The fraction of sp³-hybridized carbons (Fsp3) is 0.0476. The molecule has 0 aliphatic carbocycles. The second-order valence-electron chi connectivity index (χ2n) is 6.26. The lowest BCUT2D eigenvalue weighted by Crippen LogP contribution is -2.37. The highest BCUT2D eigenvalue weighted by Crippen LogP contribution is 2.30. The SMILES string of the molecule is O=C(COc1ccccc1Cl)NC(=S)Nc1cc(-c2nc3ncccc3o2)ccc1Cl. The molecule has 2 aromatic carbocycles. The molecule has 2 aromatic heterocycles. The predicted octanol–water partition coefficient (Wildman–Crippen LogP) is 5.09. The Balaban J connectivity index is 1.41. The second-order valence-corrected chi connectivity index (χ2v) is 7.48. The molecule has 0 unspecified atom stereocenters. The molecule has 0 bridgehead atoms. The van der Waals surface area contributed by atoms with Gasteiger partial charge in [0.15, 0.2) is 22.9 Å². The number of nitrogens with zero attached hydrogens (tertiary/aromatic N) is 2. The predicted molar refractivity (Wildman–Crippen MR) is 124 cm³/mol. The zero-order valence-corrected chi connectivity index (χ0v) is 18.1. The lowest BCUT2D eigenvalue weighted by molar-refractivity contribution is -0.121. The van der Waals surface area contributed by atoms with Crippen LogP contribution in [0.15, 0.2) is 65.2 Å². The molecule has 0 saturated heterocycles. The molecular weight excluding hydrogens is 459 g/mol. The Morgan fingerprint density at radius 1 is 1.10 bits per heavy atom. The van der Waals surface area contributed by atoms with E-state index in [0.29, 0.717) is 44.2 Å². The maximum Gasteiger partial charge on any atom is 0.264 e. The van der Waals surface area contributed by atoms with Crippen molar-refractivity contribution in [1.82, 2.24) is 15.3 Å². The second kappa shape index (κ2) is 9.30. The number of carbonyl (C=O) groups excluding carboxylic acids is 1. The number of ether oxygens (including phenoxy) is 1. The normalized spacial score (nSPS) is 10.6. The van der Waals surface area contributed by atoms with E-state index in [1.54, 1.807) is 60.8 Å². The number of pyridine rings is 1. The molecule has 7 nitrogen and oxygen atoms in total. The molecule has 0 atom stereocenters. The molecule has 31 heavy (non-hydrogen) atoms. The number of halogens is 2. The number of thiocarbonyl (C=S) groups is 1. The quantitative estimate of drug-likeness (QED) is 0.391. The highest BCUT2D eigenvalue weighted by atomic mass is 35.5. The minimum Gasteiger partial charge on any atom is -0.482 e. The number of anilines is 1. The zero-order valence-electron chi connectivity index (χ0n) is 15.8. The molecule has 10 heteroatoms. The lowest BCUT2D eigenvalue weighted by atomic mass is 10.2. The third-order valence-electron chi connectivity index (χ3n) is 4.07. The Morgan fingerprint density at radius 3 is 2.74 bits per heavy atom. The number of carbonyl (C=O) groups is 1. The van der Waals surface area contributed by atoms with Gasteiger partial charge >= 0.3 is 0 Å². The number of oxazole rings is 1. The van der Waals surface area contributed by atoms with Gasteiger partial charge in [0, 0.05) is 11.8 Å². The number of benzene rings is 2. The summed E-state index contributed by atoms with van der Waals surface area (Å²) in [7, 11) is 0. The summed E-state index contributed by atoms with van der Waals surface area (Å²) in [6, 6.07) is 15.6. The van der Waals surface area contributed by atoms with Crippen LogP contribution in [0.4, 0.5) is 5.69 Å².